The molecule has 6 nitrogen and oxygen atoms in total. The Morgan fingerprint density at radius 3 is 2.96 bits per heavy atom. The van der Waals surface area contributed by atoms with E-state index in [2.05, 4.69) is 33.8 Å². The molecule has 0 aliphatic carbocycles. The van der Waals surface area contributed by atoms with E-state index in [0.717, 1.165) is 30.9 Å². The van der Waals surface area contributed by atoms with Gasteiger partial charge in [0, 0.05) is 31.4 Å². The van der Waals surface area contributed by atoms with Crippen LogP contribution in [-0.2, 0) is 22.6 Å². The van der Waals surface area contributed by atoms with Gasteiger partial charge in [-0.25, -0.2) is 0 Å². The third-order valence-corrected chi connectivity index (χ3v) is 4.08. The van der Waals surface area contributed by atoms with E-state index in [1.807, 2.05) is 24.5 Å². The molecule has 0 radical (unpaired) electrons. The summed E-state index contributed by atoms with van der Waals surface area (Å²) in [6, 6.07) is 8.15. The van der Waals surface area contributed by atoms with Gasteiger partial charge < -0.3 is 9.47 Å². The van der Waals surface area contributed by atoms with Crippen LogP contribution in [0, 0.1) is 6.92 Å². The Balaban J connectivity index is 1.41. The lowest BCUT2D eigenvalue weighted by molar-refractivity contribution is -0.140. The molecule has 0 amide bonds. The lowest BCUT2D eigenvalue weighted by atomic mass is 10.1. The maximum Gasteiger partial charge on any atom is 0.307 e. The summed E-state index contributed by atoms with van der Waals surface area (Å²) in [6.45, 7) is 5.30. The lowest BCUT2D eigenvalue weighted by Gasteiger charge is -2.38. The Morgan fingerprint density at radius 1 is 1.38 bits per heavy atom. The number of ether oxygens (including phenoxy) is 2. The molecule has 1 fully saturated rings. The SMILES string of the molecule is COC(=O)CCn1cc(CN2CC(Oc3cccc(C)c3)C2)cn1. The van der Waals surface area contributed by atoms with Crippen molar-refractivity contribution in [3.05, 3.63) is 47.8 Å². The number of nitrogens with zero attached hydrogens (tertiary/aromatic N) is 3. The number of hydrogen-bond donors (Lipinski definition) is 0. The Hall–Kier alpha value is -2.34. The van der Waals surface area contributed by atoms with Gasteiger partial charge in [0.2, 0.25) is 0 Å². The maximum absolute atomic E-state index is 11.1. The minimum atomic E-state index is -0.217. The number of hydrogen-bond acceptors (Lipinski definition) is 5. The Kier molecular flexibility index (Phi) is 5.15. The first-order valence-electron chi connectivity index (χ1n) is 8.16. The zero-order valence-electron chi connectivity index (χ0n) is 14.1. The minimum Gasteiger partial charge on any atom is -0.488 e. The molecule has 1 aliphatic heterocycles. The third kappa shape index (κ3) is 4.35. The number of carbonyl (C=O) groups excluding carboxylic acids is 1. The van der Waals surface area contributed by atoms with Gasteiger partial charge >= 0.3 is 5.97 Å². The number of aromatic nitrogens is 2. The molecule has 2 aromatic rings. The molecule has 128 valence electrons. The van der Waals surface area contributed by atoms with Gasteiger partial charge in [0.05, 0.1) is 26.3 Å². The predicted octanol–water partition coefficient (Wildman–Crippen LogP) is 2.02. The highest BCUT2D eigenvalue weighted by molar-refractivity contribution is 5.68. The van der Waals surface area contributed by atoms with Crippen LogP contribution in [-0.4, -0.2) is 47.0 Å². The lowest BCUT2D eigenvalue weighted by Crippen LogP contribution is -2.53. The van der Waals surface area contributed by atoms with Gasteiger partial charge in [-0.1, -0.05) is 12.1 Å². The highest BCUT2D eigenvalue weighted by Crippen LogP contribution is 2.20. The summed E-state index contributed by atoms with van der Waals surface area (Å²) >= 11 is 0. The van der Waals surface area contributed by atoms with Crippen molar-refractivity contribution in [1.82, 2.24) is 14.7 Å². The van der Waals surface area contributed by atoms with Gasteiger partial charge in [0.15, 0.2) is 0 Å². The van der Waals surface area contributed by atoms with Crippen LogP contribution in [0.2, 0.25) is 0 Å². The average Bonchev–Trinajstić information content (AvgIpc) is 2.98. The van der Waals surface area contributed by atoms with Crippen LogP contribution in [0.4, 0.5) is 0 Å². The van der Waals surface area contributed by atoms with Crippen molar-refractivity contribution in [3.8, 4) is 5.75 Å². The summed E-state index contributed by atoms with van der Waals surface area (Å²) in [5.41, 5.74) is 2.36. The maximum atomic E-state index is 11.1. The van der Waals surface area contributed by atoms with Crippen molar-refractivity contribution in [2.45, 2.75) is 32.5 Å². The molecule has 0 atom stereocenters. The third-order valence-electron chi connectivity index (χ3n) is 4.08. The molecule has 1 aromatic carbocycles. The Bertz CT molecular complexity index is 692. The summed E-state index contributed by atoms with van der Waals surface area (Å²) in [7, 11) is 1.40. The molecule has 0 saturated carbocycles. The highest BCUT2D eigenvalue weighted by atomic mass is 16.5. The number of rotatable bonds is 7. The number of esters is 1. The first kappa shape index (κ1) is 16.5. The Labute approximate surface area is 142 Å². The molecule has 0 spiro atoms. The highest BCUT2D eigenvalue weighted by Gasteiger charge is 2.28. The van der Waals surface area contributed by atoms with Crippen LogP contribution in [0.25, 0.3) is 0 Å². The van der Waals surface area contributed by atoms with Gasteiger partial charge in [-0.3, -0.25) is 14.4 Å². The quantitative estimate of drug-likeness (QED) is 0.728. The summed E-state index contributed by atoms with van der Waals surface area (Å²) in [4.78, 5) is 13.5. The molecule has 6 heteroatoms. The van der Waals surface area contributed by atoms with Crippen molar-refractivity contribution in [3.63, 3.8) is 0 Å². The minimum absolute atomic E-state index is 0.217. The van der Waals surface area contributed by atoms with E-state index in [1.54, 1.807) is 4.68 Å². The van der Waals surface area contributed by atoms with Crippen molar-refractivity contribution < 1.29 is 14.3 Å². The monoisotopic (exact) mass is 329 g/mol. The normalized spacial score (nSPS) is 15.1. The second kappa shape index (κ2) is 7.49. The van der Waals surface area contributed by atoms with Crippen molar-refractivity contribution in [1.29, 1.82) is 0 Å². The number of methoxy groups -OCH3 is 1. The van der Waals surface area contributed by atoms with Crippen LogP contribution >= 0.6 is 0 Å². The summed E-state index contributed by atoms with van der Waals surface area (Å²) in [5.74, 6) is 0.723. The fourth-order valence-corrected chi connectivity index (χ4v) is 2.78. The van der Waals surface area contributed by atoms with E-state index in [-0.39, 0.29) is 12.1 Å². The van der Waals surface area contributed by atoms with Crippen molar-refractivity contribution in [2.75, 3.05) is 20.2 Å². The molecule has 1 aliphatic rings. The van der Waals surface area contributed by atoms with Gasteiger partial charge in [0.25, 0.3) is 0 Å². The zero-order valence-corrected chi connectivity index (χ0v) is 14.1. The summed E-state index contributed by atoms with van der Waals surface area (Å²) < 4.78 is 12.4. The van der Waals surface area contributed by atoms with E-state index in [4.69, 9.17) is 4.74 Å². The van der Waals surface area contributed by atoms with Gasteiger partial charge in [-0.05, 0) is 24.6 Å². The number of carbonyl (C=O) groups is 1. The largest absolute Gasteiger partial charge is 0.488 e. The first-order chi connectivity index (χ1) is 11.6. The molecule has 1 aromatic heterocycles. The second-order valence-electron chi connectivity index (χ2n) is 6.19. The average molecular weight is 329 g/mol. The standard InChI is InChI=1S/C18H23N3O3/c1-14-4-3-5-16(8-14)24-17-12-20(13-17)10-15-9-19-21(11-15)7-6-18(22)23-2/h3-5,8-9,11,17H,6-7,10,12-13H2,1-2H3. The van der Waals surface area contributed by atoms with Gasteiger partial charge in [-0.2, -0.15) is 5.10 Å². The van der Waals surface area contributed by atoms with Crippen molar-refractivity contribution in [2.24, 2.45) is 0 Å². The fraction of sp³-hybridized carbons (Fsp3) is 0.444. The number of likely N-dealkylation sites (tertiary alicyclic amines) is 1. The molecule has 3 rings (SSSR count). The van der Waals surface area contributed by atoms with Gasteiger partial charge in [-0.15, -0.1) is 0 Å². The Morgan fingerprint density at radius 2 is 2.21 bits per heavy atom. The molecular weight excluding hydrogens is 306 g/mol. The molecule has 2 heterocycles. The summed E-state index contributed by atoms with van der Waals surface area (Å²) in [6.07, 6.45) is 4.43. The summed E-state index contributed by atoms with van der Waals surface area (Å²) in [5, 5.41) is 4.28. The molecule has 1 saturated heterocycles. The van der Waals surface area contributed by atoms with Gasteiger partial charge in [0.1, 0.15) is 11.9 Å². The van der Waals surface area contributed by atoms with Crippen LogP contribution < -0.4 is 4.74 Å². The smallest absolute Gasteiger partial charge is 0.307 e. The molecule has 0 N–H and O–H groups in total. The van der Waals surface area contributed by atoms with E-state index < -0.39 is 0 Å². The molecule has 0 bridgehead atoms. The van der Waals surface area contributed by atoms with Crippen LogP contribution in [0.5, 0.6) is 5.75 Å². The van der Waals surface area contributed by atoms with E-state index in [1.165, 1.54) is 12.7 Å². The zero-order chi connectivity index (χ0) is 16.9. The number of benzene rings is 1. The molecule has 0 unspecified atom stereocenters. The van der Waals surface area contributed by atoms with Crippen molar-refractivity contribution >= 4 is 5.97 Å². The first-order valence-corrected chi connectivity index (χ1v) is 8.16. The molecule has 24 heavy (non-hydrogen) atoms. The van der Waals surface area contributed by atoms with Crippen LogP contribution in [0.15, 0.2) is 36.7 Å². The molecular formula is C18H23N3O3. The van der Waals surface area contributed by atoms with E-state index >= 15 is 0 Å². The van der Waals surface area contributed by atoms with Crippen LogP contribution in [0.3, 0.4) is 0 Å². The fourth-order valence-electron chi connectivity index (χ4n) is 2.78. The predicted molar refractivity (Wildman–Crippen MR) is 89.7 cm³/mol. The van der Waals surface area contributed by atoms with Crippen LogP contribution in [0.1, 0.15) is 17.5 Å². The van der Waals surface area contributed by atoms with E-state index in [0.29, 0.717) is 13.0 Å². The topological polar surface area (TPSA) is 56.6 Å². The van der Waals surface area contributed by atoms with E-state index in [9.17, 15) is 4.79 Å². The second-order valence-corrected chi connectivity index (χ2v) is 6.19. The number of aryl methyl sites for hydroxylation is 2.